The van der Waals surface area contributed by atoms with Crippen LogP contribution >= 0.6 is 21.6 Å². The van der Waals surface area contributed by atoms with Gasteiger partial charge in [0, 0.05) is 65.4 Å². The van der Waals surface area contributed by atoms with Gasteiger partial charge in [-0.15, -0.1) is 0 Å². The van der Waals surface area contributed by atoms with E-state index in [2.05, 4.69) is 0 Å². The molecular weight excluding hydrogens is 488 g/mol. The third kappa shape index (κ3) is 4.23. The van der Waals surface area contributed by atoms with Crippen molar-refractivity contribution in [2.24, 2.45) is 0 Å². The quantitative estimate of drug-likeness (QED) is 0.292. The molecule has 2 aromatic carbocycles. The third-order valence-corrected chi connectivity index (χ3v) is 7.23. The van der Waals surface area contributed by atoms with E-state index in [0.717, 1.165) is 0 Å². The normalized spacial score (nSPS) is 10.0. The van der Waals surface area contributed by atoms with Crippen LogP contribution in [0.5, 0.6) is 0 Å². The zero-order valence-electron chi connectivity index (χ0n) is 16.7. The summed E-state index contributed by atoms with van der Waals surface area (Å²) in [5.41, 5.74) is -4.50. The number of aldehydes is 10. The van der Waals surface area contributed by atoms with Crippen molar-refractivity contribution < 1.29 is 47.9 Å². The lowest BCUT2D eigenvalue weighted by molar-refractivity contribution is 0.106. The summed E-state index contributed by atoms with van der Waals surface area (Å²) in [6.07, 6.45) is 1.53. The second-order valence-corrected chi connectivity index (χ2v) is 8.29. The lowest BCUT2D eigenvalue weighted by Gasteiger charge is -2.17. The zero-order chi connectivity index (χ0) is 25.4. The van der Waals surface area contributed by atoms with Gasteiger partial charge in [0.05, 0.1) is 0 Å². The van der Waals surface area contributed by atoms with Crippen LogP contribution in [0.2, 0.25) is 0 Å². The predicted octanol–water partition coefficient (Wildman–Crippen LogP) is 2.61. The fourth-order valence-corrected chi connectivity index (χ4v) is 5.88. The van der Waals surface area contributed by atoms with E-state index in [4.69, 9.17) is 0 Å². The molecular formula is C22H10O10S2. The average Bonchev–Trinajstić information content (AvgIpc) is 2.88. The van der Waals surface area contributed by atoms with Crippen LogP contribution in [0.25, 0.3) is 0 Å². The molecule has 2 aromatic rings. The zero-order valence-corrected chi connectivity index (χ0v) is 18.3. The molecule has 0 aliphatic rings. The molecule has 0 spiro atoms. The minimum atomic E-state index is -0.479. The summed E-state index contributed by atoms with van der Waals surface area (Å²) in [5, 5.41) is 0. The highest BCUT2D eigenvalue weighted by molar-refractivity contribution is 8.76. The van der Waals surface area contributed by atoms with Gasteiger partial charge in [0.25, 0.3) is 0 Å². The topological polar surface area (TPSA) is 171 Å². The van der Waals surface area contributed by atoms with Gasteiger partial charge < -0.3 is 0 Å². The molecule has 0 saturated heterocycles. The average molecular weight is 498 g/mol. The Morgan fingerprint density at radius 2 is 0.412 bits per heavy atom. The molecule has 0 radical (unpaired) electrons. The minimum Gasteiger partial charge on any atom is -0.298 e. The van der Waals surface area contributed by atoms with Crippen molar-refractivity contribution in [2.45, 2.75) is 9.79 Å². The number of rotatable bonds is 13. The largest absolute Gasteiger partial charge is 0.298 e. The predicted molar refractivity (Wildman–Crippen MR) is 118 cm³/mol. The molecule has 0 fully saturated rings. The number of hydrogen-bond donors (Lipinski definition) is 0. The third-order valence-electron chi connectivity index (χ3n) is 4.69. The van der Waals surface area contributed by atoms with E-state index in [-0.39, 0.29) is 72.7 Å². The maximum absolute atomic E-state index is 11.7. The Balaban J connectivity index is 2.91. The molecule has 12 heteroatoms. The number of benzene rings is 2. The Bertz CT molecular complexity index is 1110. The molecule has 34 heavy (non-hydrogen) atoms. The number of carbonyl (C=O) groups is 10. The first kappa shape index (κ1) is 26.1. The van der Waals surface area contributed by atoms with Gasteiger partial charge in [-0.1, -0.05) is 21.6 Å². The fraction of sp³-hybridized carbons (Fsp3) is 0. The van der Waals surface area contributed by atoms with Crippen molar-refractivity contribution >= 4 is 84.4 Å². The molecule has 0 atom stereocenters. The Hall–Kier alpha value is -4.16. The van der Waals surface area contributed by atoms with E-state index >= 15 is 0 Å². The molecule has 0 heterocycles. The van der Waals surface area contributed by atoms with Crippen LogP contribution in [0.15, 0.2) is 9.79 Å². The van der Waals surface area contributed by atoms with Gasteiger partial charge in [0.1, 0.15) is 0 Å². The van der Waals surface area contributed by atoms with Crippen LogP contribution < -0.4 is 0 Å². The lowest BCUT2D eigenvalue weighted by Crippen LogP contribution is -2.10. The highest BCUT2D eigenvalue weighted by Crippen LogP contribution is 2.45. The Labute approximate surface area is 197 Å². The van der Waals surface area contributed by atoms with Crippen molar-refractivity contribution in [1.29, 1.82) is 0 Å². The van der Waals surface area contributed by atoms with Crippen LogP contribution in [-0.2, 0) is 0 Å². The molecule has 170 valence electrons. The van der Waals surface area contributed by atoms with Crippen LogP contribution in [0.4, 0.5) is 0 Å². The molecule has 0 bridgehead atoms. The first-order valence-corrected chi connectivity index (χ1v) is 11.0. The van der Waals surface area contributed by atoms with Crippen LogP contribution in [0.3, 0.4) is 0 Å². The van der Waals surface area contributed by atoms with E-state index in [1.54, 1.807) is 0 Å². The molecule has 0 N–H and O–H groups in total. The Kier molecular flexibility index (Phi) is 8.93. The first-order valence-electron chi connectivity index (χ1n) is 8.82. The monoisotopic (exact) mass is 498 g/mol. The van der Waals surface area contributed by atoms with Gasteiger partial charge in [-0.25, -0.2) is 0 Å². The summed E-state index contributed by atoms with van der Waals surface area (Å²) in [5.74, 6) is 0. The van der Waals surface area contributed by atoms with E-state index in [0.29, 0.717) is 21.6 Å². The van der Waals surface area contributed by atoms with E-state index in [9.17, 15) is 47.9 Å². The second kappa shape index (κ2) is 11.6. The van der Waals surface area contributed by atoms with E-state index in [1.807, 2.05) is 0 Å². The van der Waals surface area contributed by atoms with Crippen LogP contribution in [0, 0.1) is 0 Å². The van der Waals surface area contributed by atoms with Gasteiger partial charge in [0.15, 0.2) is 62.9 Å². The van der Waals surface area contributed by atoms with Crippen molar-refractivity contribution in [2.75, 3.05) is 0 Å². The van der Waals surface area contributed by atoms with Gasteiger partial charge in [0.2, 0.25) is 0 Å². The van der Waals surface area contributed by atoms with Crippen LogP contribution in [-0.4, -0.2) is 62.9 Å². The van der Waals surface area contributed by atoms with E-state index < -0.39 is 55.6 Å². The van der Waals surface area contributed by atoms with Gasteiger partial charge >= 0.3 is 0 Å². The summed E-state index contributed by atoms with van der Waals surface area (Å²) in [6.45, 7) is 0. The van der Waals surface area contributed by atoms with Gasteiger partial charge in [-0.3, -0.25) is 47.9 Å². The van der Waals surface area contributed by atoms with Crippen molar-refractivity contribution in [3.63, 3.8) is 0 Å². The molecule has 0 aliphatic heterocycles. The smallest absolute Gasteiger partial charge is 0.151 e. The minimum absolute atomic E-state index is 0.134. The summed E-state index contributed by atoms with van der Waals surface area (Å²) in [6, 6.07) is 0. The number of carbonyl (C=O) groups excluding carboxylic acids is 10. The van der Waals surface area contributed by atoms with E-state index in [1.165, 1.54) is 0 Å². The first-order chi connectivity index (χ1) is 16.5. The van der Waals surface area contributed by atoms with Crippen LogP contribution in [0.1, 0.15) is 104 Å². The summed E-state index contributed by atoms with van der Waals surface area (Å²) < 4.78 is 0. The summed E-state index contributed by atoms with van der Waals surface area (Å²) in [4.78, 5) is 116. The Morgan fingerprint density at radius 3 is 0.559 bits per heavy atom. The van der Waals surface area contributed by atoms with Gasteiger partial charge in [-0.2, -0.15) is 0 Å². The fourth-order valence-electron chi connectivity index (χ4n) is 3.14. The molecule has 10 nitrogen and oxygen atoms in total. The SMILES string of the molecule is O=Cc1c(C=O)c(C=O)c(SSc2c(C=O)c(C=O)c(C=O)c(C=O)c2C=O)c(C=O)c1C=O. The standard InChI is InChI=1S/C22H10O10S2/c23-1-11-13(3-25)17(7-29)21(18(8-30)14(11)4-26)33-34-22-19(9-31)15(5-27)12(2-24)16(6-28)20(22)10-32/h1-10H. The van der Waals surface area contributed by atoms with Gasteiger partial charge in [-0.05, 0) is 0 Å². The molecule has 2 rings (SSSR count). The maximum Gasteiger partial charge on any atom is 0.151 e. The molecule has 0 aliphatic carbocycles. The second-order valence-electron chi connectivity index (χ2n) is 6.14. The molecule has 0 unspecified atom stereocenters. The Morgan fingerprint density at radius 1 is 0.265 bits per heavy atom. The molecule has 0 amide bonds. The lowest BCUT2D eigenvalue weighted by atomic mass is 9.94. The summed E-state index contributed by atoms with van der Waals surface area (Å²) in [7, 11) is 1.10. The maximum atomic E-state index is 11.7. The molecule has 0 aromatic heterocycles. The van der Waals surface area contributed by atoms with Crippen molar-refractivity contribution in [1.82, 2.24) is 0 Å². The molecule has 0 saturated carbocycles. The highest BCUT2D eigenvalue weighted by atomic mass is 33.1. The highest BCUT2D eigenvalue weighted by Gasteiger charge is 2.27. The van der Waals surface area contributed by atoms with Crippen molar-refractivity contribution in [3.05, 3.63) is 55.6 Å². The number of hydrogen-bond acceptors (Lipinski definition) is 12. The summed E-state index contributed by atoms with van der Waals surface area (Å²) >= 11 is 0. The van der Waals surface area contributed by atoms with Crippen molar-refractivity contribution in [3.8, 4) is 0 Å².